The molecule has 0 saturated carbocycles. The molecule has 0 aliphatic carbocycles. The van der Waals surface area contributed by atoms with E-state index in [1.165, 1.54) is 13.0 Å². The van der Waals surface area contributed by atoms with Gasteiger partial charge >= 0.3 is 0 Å². The monoisotopic (exact) mass is 278 g/mol. The highest BCUT2D eigenvalue weighted by molar-refractivity contribution is 5.20. The summed E-state index contributed by atoms with van der Waals surface area (Å²) < 4.78 is 5.58. The Kier molecular flexibility index (Phi) is 6.30. The first kappa shape index (κ1) is 15.3. The first-order valence-corrected chi connectivity index (χ1v) is 7.58. The zero-order chi connectivity index (χ0) is 14.2. The summed E-state index contributed by atoms with van der Waals surface area (Å²) in [5.41, 5.74) is 0. The molecule has 1 aromatic carbocycles. The van der Waals surface area contributed by atoms with Gasteiger partial charge in [-0.15, -0.1) is 0 Å². The van der Waals surface area contributed by atoms with Crippen molar-refractivity contribution in [1.29, 1.82) is 0 Å². The lowest BCUT2D eigenvalue weighted by Gasteiger charge is -2.35. The molecule has 1 unspecified atom stereocenters. The van der Waals surface area contributed by atoms with Crippen molar-refractivity contribution in [3.05, 3.63) is 30.3 Å². The number of piperazine rings is 1. The molecular weight excluding hydrogens is 252 g/mol. The van der Waals surface area contributed by atoms with Crippen LogP contribution in [-0.2, 0) is 0 Å². The van der Waals surface area contributed by atoms with Crippen LogP contribution in [0.5, 0.6) is 5.75 Å². The first-order valence-electron chi connectivity index (χ1n) is 7.58. The average Bonchev–Trinajstić information content (AvgIpc) is 2.49. The van der Waals surface area contributed by atoms with Crippen molar-refractivity contribution >= 4 is 0 Å². The first-order chi connectivity index (χ1) is 9.78. The third-order valence-electron chi connectivity index (χ3n) is 3.66. The second-order valence-electron chi connectivity index (χ2n) is 5.42. The minimum Gasteiger partial charge on any atom is -0.491 e. The highest BCUT2D eigenvalue weighted by Crippen LogP contribution is 2.09. The molecule has 1 aromatic rings. The Hall–Kier alpha value is -1.10. The summed E-state index contributed by atoms with van der Waals surface area (Å²) in [7, 11) is 0. The third kappa shape index (κ3) is 5.12. The highest BCUT2D eigenvalue weighted by atomic mass is 16.5. The standard InChI is InChI=1S/C16H26N2O2/c1-2-8-17-9-11-18(12-10-17)13-15(19)14-20-16-6-4-3-5-7-16/h3-7,15,19H,2,8-14H2,1H3. The molecule has 0 amide bonds. The number of hydrogen-bond acceptors (Lipinski definition) is 4. The molecule has 4 nitrogen and oxygen atoms in total. The molecule has 112 valence electrons. The molecule has 0 aromatic heterocycles. The van der Waals surface area contributed by atoms with E-state index in [1.54, 1.807) is 0 Å². The molecule has 1 saturated heterocycles. The third-order valence-corrected chi connectivity index (χ3v) is 3.66. The number of β-amino-alcohol motifs (C(OH)–C–C–N with tert-alkyl or cyclic N) is 1. The van der Waals surface area contributed by atoms with Gasteiger partial charge < -0.3 is 14.7 Å². The minimum atomic E-state index is -0.423. The summed E-state index contributed by atoms with van der Waals surface area (Å²) in [6, 6.07) is 9.66. The maximum Gasteiger partial charge on any atom is 0.119 e. The van der Waals surface area contributed by atoms with Crippen LogP contribution in [0.3, 0.4) is 0 Å². The SMILES string of the molecule is CCCN1CCN(CC(O)COc2ccccc2)CC1. The van der Waals surface area contributed by atoms with Crippen molar-refractivity contribution in [3.63, 3.8) is 0 Å². The van der Waals surface area contributed by atoms with Gasteiger partial charge in [0.15, 0.2) is 0 Å². The molecule has 1 N–H and O–H groups in total. The van der Waals surface area contributed by atoms with Crippen molar-refractivity contribution in [2.24, 2.45) is 0 Å². The lowest BCUT2D eigenvalue weighted by molar-refractivity contribution is 0.0461. The predicted octanol–water partition coefficient (Wildman–Crippen LogP) is 1.45. The Morgan fingerprint density at radius 2 is 1.75 bits per heavy atom. The number of rotatable bonds is 7. The summed E-state index contributed by atoms with van der Waals surface area (Å²) in [6.07, 6.45) is 0.793. The summed E-state index contributed by atoms with van der Waals surface area (Å²) in [4.78, 5) is 4.81. The fourth-order valence-electron chi connectivity index (χ4n) is 2.57. The minimum absolute atomic E-state index is 0.360. The van der Waals surface area contributed by atoms with E-state index in [0.29, 0.717) is 13.2 Å². The lowest BCUT2D eigenvalue weighted by Crippen LogP contribution is -2.49. The normalized spacial score (nSPS) is 18.9. The summed E-state index contributed by atoms with van der Waals surface area (Å²) in [5.74, 6) is 0.819. The molecule has 2 rings (SSSR count). The number of aliphatic hydroxyl groups excluding tert-OH is 1. The van der Waals surface area contributed by atoms with Crippen LogP contribution in [-0.4, -0.2) is 66.9 Å². The van der Waals surface area contributed by atoms with E-state index >= 15 is 0 Å². The summed E-state index contributed by atoms with van der Waals surface area (Å²) >= 11 is 0. The molecule has 0 bridgehead atoms. The number of nitrogens with zero attached hydrogens (tertiary/aromatic N) is 2. The van der Waals surface area contributed by atoms with E-state index in [4.69, 9.17) is 4.74 Å². The van der Waals surface area contributed by atoms with Gasteiger partial charge in [0.25, 0.3) is 0 Å². The van der Waals surface area contributed by atoms with E-state index in [9.17, 15) is 5.11 Å². The van der Waals surface area contributed by atoms with E-state index in [-0.39, 0.29) is 0 Å². The van der Waals surface area contributed by atoms with Crippen molar-refractivity contribution < 1.29 is 9.84 Å². The van der Waals surface area contributed by atoms with Crippen LogP contribution < -0.4 is 4.74 Å². The molecule has 0 spiro atoms. The van der Waals surface area contributed by atoms with E-state index in [0.717, 1.165) is 31.9 Å². The molecule has 1 fully saturated rings. The van der Waals surface area contributed by atoms with E-state index < -0.39 is 6.10 Å². The fraction of sp³-hybridized carbons (Fsp3) is 0.625. The van der Waals surface area contributed by atoms with Gasteiger partial charge in [0, 0.05) is 32.7 Å². The van der Waals surface area contributed by atoms with Crippen LogP contribution in [0, 0.1) is 0 Å². The van der Waals surface area contributed by atoms with Crippen LogP contribution in [0.25, 0.3) is 0 Å². The molecule has 20 heavy (non-hydrogen) atoms. The van der Waals surface area contributed by atoms with Crippen molar-refractivity contribution in [3.8, 4) is 5.75 Å². The number of ether oxygens (including phenoxy) is 1. The number of hydrogen-bond donors (Lipinski definition) is 1. The Morgan fingerprint density at radius 1 is 1.10 bits per heavy atom. The predicted molar refractivity (Wildman–Crippen MR) is 81.1 cm³/mol. The zero-order valence-corrected chi connectivity index (χ0v) is 12.4. The van der Waals surface area contributed by atoms with Gasteiger partial charge in [-0.25, -0.2) is 0 Å². The fourth-order valence-corrected chi connectivity index (χ4v) is 2.57. The molecule has 1 atom stereocenters. The van der Waals surface area contributed by atoms with Crippen molar-refractivity contribution in [1.82, 2.24) is 9.80 Å². The van der Waals surface area contributed by atoms with Gasteiger partial charge in [0.05, 0.1) is 0 Å². The molecule has 1 aliphatic rings. The zero-order valence-electron chi connectivity index (χ0n) is 12.4. The molecule has 0 radical (unpaired) electrons. The van der Waals surface area contributed by atoms with Crippen molar-refractivity contribution in [2.45, 2.75) is 19.4 Å². The molecule has 1 aliphatic heterocycles. The topological polar surface area (TPSA) is 35.9 Å². The number of aliphatic hydroxyl groups is 1. The van der Waals surface area contributed by atoms with Gasteiger partial charge in [-0.3, -0.25) is 4.90 Å². The quantitative estimate of drug-likeness (QED) is 0.819. The van der Waals surface area contributed by atoms with Crippen LogP contribution in [0.1, 0.15) is 13.3 Å². The lowest BCUT2D eigenvalue weighted by atomic mass is 10.2. The van der Waals surface area contributed by atoms with Crippen molar-refractivity contribution in [2.75, 3.05) is 45.9 Å². The van der Waals surface area contributed by atoms with Crippen LogP contribution in [0.4, 0.5) is 0 Å². The molecule has 1 heterocycles. The van der Waals surface area contributed by atoms with Gasteiger partial charge in [-0.2, -0.15) is 0 Å². The van der Waals surface area contributed by atoms with Crippen LogP contribution >= 0.6 is 0 Å². The van der Waals surface area contributed by atoms with Crippen LogP contribution in [0.15, 0.2) is 30.3 Å². The van der Waals surface area contributed by atoms with E-state index in [2.05, 4.69) is 16.7 Å². The Balaban J connectivity index is 1.64. The van der Waals surface area contributed by atoms with Crippen LogP contribution in [0.2, 0.25) is 0 Å². The van der Waals surface area contributed by atoms with Gasteiger partial charge in [0.2, 0.25) is 0 Å². The maximum absolute atomic E-state index is 10.1. The Bertz CT molecular complexity index is 364. The summed E-state index contributed by atoms with van der Waals surface area (Å²) in [5, 5.41) is 10.1. The van der Waals surface area contributed by atoms with Gasteiger partial charge in [0.1, 0.15) is 18.5 Å². The van der Waals surface area contributed by atoms with E-state index in [1.807, 2.05) is 30.3 Å². The Labute approximate surface area is 122 Å². The summed E-state index contributed by atoms with van der Waals surface area (Å²) in [6.45, 7) is 8.78. The maximum atomic E-state index is 10.1. The second kappa shape index (κ2) is 8.25. The molecule has 4 heteroatoms. The average molecular weight is 278 g/mol. The Morgan fingerprint density at radius 3 is 2.40 bits per heavy atom. The number of benzene rings is 1. The smallest absolute Gasteiger partial charge is 0.119 e. The highest BCUT2D eigenvalue weighted by Gasteiger charge is 2.18. The molecular formula is C16H26N2O2. The number of para-hydroxylation sites is 1. The second-order valence-corrected chi connectivity index (χ2v) is 5.42. The van der Waals surface area contributed by atoms with Gasteiger partial charge in [-0.05, 0) is 25.1 Å². The van der Waals surface area contributed by atoms with Gasteiger partial charge in [-0.1, -0.05) is 25.1 Å². The largest absolute Gasteiger partial charge is 0.491 e.